The van der Waals surface area contributed by atoms with Crippen LogP contribution in [-0.2, 0) is 9.05 Å². The van der Waals surface area contributed by atoms with E-state index in [9.17, 15) is 21.6 Å². The minimum atomic E-state index is -5.06. The number of nitrogens with zero attached hydrogens (tertiary/aromatic N) is 1. The number of rotatable bonds is 3. The second kappa shape index (κ2) is 5.25. The van der Waals surface area contributed by atoms with Gasteiger partial charge in [-0.1, -0.05) is 0 Å². The number of alkyl halides is 3. The molecule has 1 heterocycles. The molecule has 0 spiro atoms. The molecule has 5 nitrogen and oxygen atoms in total. The summed E-state index contributed by atoms with van der Waals surface area (Å²) in [6, 6.07) is 0.742. The highest BCUT2D eigenvalue weighted by atomic mass is 127. The van der Waals surface area contributed by atoms with Crippen molar-refractivity contribution in [3.63, 3.8) is 0 Å². The van der Waals surface area contributed by atoms with Gasteiger partial charge in [-0.25, -0.2) is 13.4 Å². The van der Waals surface area contributed by atoms with Crippen molar-refractivity contribution in [3.8, 4) is 11.6 Å². The van der Waals surface area contributed by atoms with Crippen LogP contribution in [0.3, 0.4) is 0 Å². The van der Waals surface area contributed by atoms with Crippen molar-refractivity contribution < 1.29 is 31.1 Å². The summed E-state index contributed by atoms with van der Waals surface area (Å²) in [5, 5.41) is 0. The third kappa shape index (κ3) is 4.02. The van der Waals surface area contributed by atoms with Gasteiger partial charge in [0, 0.05) is 16.7 Å². The lowest BCUT2D eigenvalue weighted by atomic mass is 10.4. The second-order valence-corrected chi connectivity index (χ2v) is 6.32. The van der Waals surface area contributed by atoms with E-state index in [1.807, 2.05) is 0 Å². The predicted molar refractivity (Wildman–Crippen MR) is 63.2 cm³/mol. The van der Waals surface area contributed by atoms with Crippen molar-refractivity contribution in [1.29, 1.82) is 0 Å². The summed E-state index contributed by atoms with van der Waals surface area (Å²) in [5.74, 6) is -1.19. The van der Waals surface area contributed by atoms with E-state index in [4.69, 9.17) is 10.7 Å². The van der Waals surface area contributed by atoms with Crippen LogP contribution in [0.5, 0.6) is 11.6 Å². The average Bonchev–Trinajstić information content (AvgIpc) is 2.17. The van der Waals surface area contributed by atoms with E-state index in [1.165, 1.54) is 29.7 Å². The topological polar surface area (TPSA) is 65.5 Å². The number of hydrogen-bond donors (Lipinski definition) is 0. The van der Waals surface area contributed by atoms with Gasteiger partial charge in [0.05, 0.1) is 7.11 Å². The van der Waals surface area contributed by atoms with E-state index in [-0.39, 0.29) is 9.58 Å². The molecule has 18 heavy (non-hydrogen) atoms. The van der Waals surface area contributed by atoms with Crippen LogP contribution in [0.15, 0.2) is 11.0 Å². The van der Waals surface area contributed by atoms with Gasteiger partial charge in [0.25, 0.3) is 9.05 Å². The van der Waals surface area contributed by atoms with Crippen molar-refractivity contribution in [2.75, 3.05) is 7.11 Å². The molecule has 0 saturated carbocycles. The third-order valence-electron chi connectivity index (χ3n) is 1.56. The molecule has 0 aliphatic carbocycles. The van der Waals surface area contributed by atoms with E-state index < -0.39 is 26.1 Å². The Balaban J connectivity index is 3.49. The zero-order valence-electron chi connectivity index (χ0n) is 8.46. The van der Waals surface area contributed by atoms with Crippen LogP contribution in [-0.4, -0.2) is 26.9 Å². The maximum atomic E-state index is 12.1. The van der Waals surface area contributed by atoms with Crippen LogP contribution in [0.2, 0.25) is 0 Å². The number of pyridine rings is 1. The predicted octanol–water partition coefficient (Wildman–Crippen LogP) is 2.52. The Hall–Kier alpha value is -0.490. The molecule has 0 amide bonds. The summed E-state index contributed by atoms with van der Waals surface area (Å²) in [6.45, 7) is 0. The lowest BCUT2D eigenvalue weighted by Gasteiger charge is -2.13. The van der Waals surface area contributed by atoms with Crippen LogP contribution >= 0.6 is 33.3 Å². The summed E-state index contributed by atoms with van der Waals surface area (Å²) in [7, 11) is 1.77. The monoisotopic (exact) mass is 417 g/mol. The Morgan fingerprint density at radius 2 is 2.00 bits per heavy atom. The van der Waals surface area contributed by atoms with Crippen molar-refractivity contribution in [1.82, 2.24) is 4.98 Å². The van der Waals surface area contributed by atoms with E-state index >= 15 is 0 Å². The van der Waals surface area contributed by atoms with Crippen molar-refractivity contribution in [3.05, 3.63) is 9.77 Å². The number of hydrogen-bond acceptors (Lipinski definition) is 5. The first-order chi connectivity index (χ1) is 8.04. The van der Waals surface area contributed by atoms with Gasteiger partial charge in [0.2, 0.25) is 5.88 Å². The van der Waals surface area contributed by atoms with Crippen LogP contribution in [0, 0.1) is 3.70 Å². The molecule has 0 unspecified atom stereocenters. The lowest BCUT2D eigenvalue weighted by Crippen LogP contribution is -2.19. The summed E-state index contributed by atoms with van der Waals surface area (Å²) in [6.07, 6.45) is -5.06. The first-order valence-electron chi connectivity index (χ1n) is 3.99. The molecule has 0 atom stereocenters. The van der Waals surface area contributed by atoms with Crippen molar-refractivity contribution >= 4 is 42.3 Å². The maximum Gasteiger partial charge on any atom is 0.573 e. The fourth-order valence-electron chi connectivity index (χ4n) is 0.953. The van der Waals surface area contributed by atoms with Gasteiger partial charge in [0.1, 0.15) is 8.60 Å². The molecule has 0 N–H and O–H groups in total. The fraction of sp³-hybridized carbons (Fsp3) is 0.286. The van der Waals surface area contributed by atoms with Crippen LogP contribution in [0.1, 0.15) is 0 Å². The molecule has 0 fully saturated rings. The normalized spacial score (nSPS) is 12.3. The van der Waals surface area contributed by atoms with E-state index in [2.05, 4.69) is 14.5 Å². The quantitative estimate of drug-likeness (QED) is 0.430. The Bertz CT molecular complexity index is 563. The standard InChI is InChI=1S/C7H4ClF3INO4S/c1-16-4-2-3(18(8,14)15)5(6(12)13-4)17-7(9,10)11/h2H,1H3. The summed E-state index contributed by atoms with van der Waals surface area (Å²) < 4.78 is 66.7. The molecule has 1 rings (SSSR count). The van der Waals surface area contributed by atoms with Crippen LogP contribution in [0.4, 0.5) is 13.2 Å². The highest BCUT2D eigenvalue weighted by molar-refractivity contribution is 14.1. The minimum absolute atomic E-state index is 0.201. The SMILES string of the molecule is COc1cc(S(=O)(=O)Cl)c(OC(F)(F)F)c(I)n1. The van der Waals surface area contributed by atoms with Crippen LogP contribution < -0.4 is 9.47 Å². The van der Waals surface area contributed by atoms with Crippen molar-refractivity contribution in [2.24, 2.45) is 0 Å². The molecule has 11 heteroatoms. The highest BCUT2D eigenvalue weighted by Gasteiger charge is 2.36. The van der Waals surface area contributed by atoms with E-state index in [0.29, 0.717) is 0 Å². The molecular weight excluding hydrogens is 413 g/mol. The smallest absolute Gasteiger partial charge is 0.481 e. The fourth-order valence-corrected chi connectivity index (χ4v) is 2.72. The zero-order chi connectivity index (χ0) is 14.1. The molecular formula is C7H4ClF3INO4S. The minimum Gasteiger partial charge on any atom is -0.481 e. The van der Waals surface area contributed by atoms with Gasteiger partial charge < -0.3 is 9.47 Å². The largest absolute Gasteiger partial charge is 0.573 e. The molecule has 0 aliphatic rings. The van der Waals surface area contributed by atoms with E-state index in [0.717, 1.165) is 6.07 Å². The Morgan fingerprint density at radius 3 is 2.39 bits per heavy atom. The molecule has 0 saturated heterocycles. The Labute approximate surface area is 118 Å². The molecule has 0 bridgehead atoms. The Morgan fingerprint density at radius 1 is 1.44 bits per heavy atom. The summed E-state index contributed by atoms with van der Waals surface area (Å²) in [5.41, 5.74) is 0. The molecule has 102 valence electrons. The van der Waals surface area contributed by atoms with Gasteiger partial charge in [-0.05, 0) is 22.6 Å². The molecule has 0 aliphatic heterocycles. The zero-order valence-corrected chi connectivity index (χ0v) is 12.2. The van der Waals surface area contributed by atoms with Gasteiger partial charge in [-0.15, -0.1) is 13.2 Å². The van der Waals surface area contributed by atoms with Gasteiger partial charge in [0.15, 0.2) is 5.75 Å². The molecule has 0 radical (unpaired) electrons. The number of halogens is 5. The Kier molecular flexibility index (Phi) is 4.54. The lowest BCUT2D eigenvalue weighted by molar-refractivity contribution is -0.276. The first-order valence-corrected chi connectivity index (χ1v) is 7.38. The second-order valence-electron chi connectivity index (χ2n) is 2.77. The van der Waals surface area contributed by atoms with Gasteiger partial charge >= 0.3 is 6.36 Å². The summed E-state index contributed by atoms with van der Waals surface area (Å²) >= 11 is 1.38. The highest BCUT2D eigenvalue weighted by Crippen LogP contribution is 2.36. The first kappa shape index (κ1) is 15.6. The number of methoxy groups -OCH3 is 1. The molecule has 1 aromatic rings. The summed E-state index contributed by atoms with van der Waals surface area (Å²) in [4.78, 5) is 2.70. The number of aromatic nitrogens is 1. The molecule has 1 aromatic heterocycles. The van der Waals surface area contributed by atoms with Gasteiger partial charge in [-0.3, -0.25) is 0 Å². The van der Waals surface area contributed by atoms with Crippen molar-refractivity contribution in [2.45, 2.75) is 11.3 Å². The van der Waals surface area contributed by atoms with Crippen LogP contribution in [0.25, 0.3) is 0 Å². The third-order valence-corrected chi connectivity index (χ3v) is 3.62. The molecule has 0 aromatic carbocycles. The number of ether oxygens (including phenoxy) is 2. The maximum absolute atomic E-state index is 12.1. The van der Waals surface area contributed by atoms with E-state index in [1.54, 1.807) is 0 Å². The average molecular weight is 418 g/mol. The van der Waals surface area contributed by atoms with Gasteiger partial charge in [-0.2, -0.15) is 0 Å².